The maximum Gasteiger partial charge on any atom is 0.320 e. The number of hydrogen-bond donors (Lipinski definition) is 3. The molecule has 37 heavy (non-hydrogen) atoms. The lowest BCUT2D eigenvalue weighted by Crippen LogP contribution is -2.38. The summed E-state index contributed by atoms with van der Waals surface area (Å²) in [7, 11) is 0. The second-order valence-electron chi connectivity index (χ2n) is 9.12. The molecule has 0 spiro atoms. The van der Waals surface area contributed by atoms with Gasteiger partial charge in [0.25, 0.3) is 0 Å². The molecule has 3 aromatic carbocycles. The third-order valence-electron chi connectivity index (χ3n) is 6.54. The number of aromatic nitrogens is 2. The molecule has 2 heterocycles. The van der Waals surface area contributed by atoms with Crippen LogP contribution in [-0.2, 0) is 4.79 Å². The summed E-state index contributed by atoms with van der Waals surface area (Å²) >= 11 is 6.35. The maximum atomic E-state index is 11.3. The van der Waals surface area contributed by atoms with Crippen molar-refractivity contribution in [3.05, 3.63) is 71.4 Å². The summed E-state index contributed by atoms with van der Waals surface area (Å²) in [6.07, 6.45) is 3.36. The number of carboxylic acids is 1. The molecule has 8 nitrogen and oxygen atoms in total. The van der Waals surface area contributed by atoms with E-state index in [9.17, 15) is 15.0 Å². The average molecular weight is 519 g/mol. The van der Waals surface area contributed by atoms with Crippen molar-refractivity contribution >= 4 is 40.1 Å². The Hall–Kier alpha value is -3.88. The first-order valence-corrected chi connectivity index (χ1v) is 12.5. The fourth-order valence-electron chi connectivity index (χ4n) is 4.69. The van der Waals surface area contributed by atoms with Gasteiger partial charge in [0, 0.05) is 34.4 Å². The zero-order valence-corrected chi connectivity index (χ0v) is 21.1. The number of hydrogen-bond acceptors (Lipinski definition) is 7. The van der Waals surface area contributed by atoms with Crippen LogP contribution in [0.25, 0.3) is 22.0 Å². The van der Waals surface area contributed by atoms with Gasteiger partial charge in [0.2, 0.25) is 5.95 Å². The number of carboxylic acid groups (broad SMARTS) is 1. The number of halogens is 1. The van der Waals surface area contributed by atoms with E-state index in [1.165, 1.54) is 0 Å². The van der Waals surface area contributed by atoms with Crippen LogP contribution in [0.2, 0.25) is 5.02 Å². The lowest BCUT2D eigenvalue weighted by Gasteiger charge is -2.20. The van der Waals surface area contributed by atoms with Crippen molar-refractivity contribution in [2.75, 3.05) is 25.0 Å². The molecule has 1 atom stereocenters. The van der Waals surface area contributed by atoms with E-state index in [1.54, 1.807) is 24.4 Å². The van der Waals surface area contributed by atoms with Gasteiger partial charge in [0.1, 0.15) is 24.1 Å². The van der Waals surface area contributed by atoms with Crippen LogP contribution in [0.4, 0.5) is 11.6 Å². The van der Waals surface area contributed by atoms with E-state index in [0.717, 1.165) is 46.2 Å². The second kappa shape index (κ2) is 10.6. The molecule has 1 aromatic heterocycles. The standard InChI is InChI=1S/C28H27ClN4O4/c1-17-13-18(23-15-21(34)6-9-24(23)29)14-19-16-30-28(32-26(17)19)31-20-4-7-22(8-5-20)37-12-11-33-10-2-3-25(33)27(35)36/h4-9,13-16,25,34H,2-3,10-12H2,1H3,(H,35,36)(H,30,31,32). The third kappa shape index (κ3) is 5.60. The molecule has 0 aliphatic carbocycles. The van der Waals surface area contributed by atoms with Crippen LogP contribution >= 0.6 is 11.6 Å². The minimum atomic E-state index is -0.764. The fraction of sp³-hybridized carbons (Fsp3) is 0.250. The van der Waals surface area contributed by atoms with Crippen molar-refractivity contribution in [3.8, 4) is 22.6 Å². The van der Waals surface area contributed by atoms with E-state index < -0.39 is 12.0 Å². The number of fused-ring (bicyclic) bond motifs is 1. The number of rotatable bonds is 8. The summed E-state index contributed by atoms with van der Waals surface area (Å²) in [5.74, 6) is 0.578. The van der Waals surface area contributed by atoms with E-state index >= 15 is 0 Å². The quantitative estimate of drug-likeness (QED) is 0.275. The van der Waals surface area contributed by atoms with Gasteiger partial charge in [-0.05, 0) is 92.0 Å². The Morgan fingerprint density at radius 3 is 2.78 bits per heavy atom. The fourth-order valence-corrected chi connectivity index (χ4v) is 4.92. The molecule has 3 N–H and O–H groups in total. The summed E-state index contributed by atoms with van der Waals surface area (Å²) < 4.78 is 5.82. The number of aryl methyl sites for hydroxylation is 1. The number of phenols is 1. The highest BCUT2D eigenvalue weighted by atomic mass is 35.5. The Balaban J connectivity index is 1.24. The number of phenolic OH excluding ortho intramolecular Hbond substituents is 1. The van der Waals surface area contributed by atoms with Gasteiger partial charge in [-0.3, -0.25) is 9.69 Å². The number of benzene rings is 3. The number of carbonyl (C=O) groups is 1. The molecule has 0 bridgehead atoms. The van der Waals surface area contributed by atoms with Crippen LogP contribution < -0.4 is 10.1 Å². The Kier molecular flexibility index (Phi) is 7.12. The molecule has 5 rings (SSSR count). The van der Waals surface area contributed by atoms with E-state index in [1.807, 2.05) is 48.2 Å². The topological polar surface area (TPSA) is 108 Å². The molecule has 1 aliphatic heterocycles. The van der Waals surface area contributed by atoms with Crippen LogP contribution in [0.5, 0.6) is 11.5 Å². The normalized spacial score (nSPS) is 15.7. The molecule has 1 fully saturated rings. The van der Waals surface area contributed by atoms with Crippen molar-refractivity contribution in [2.45, 2.75) is 25.8 Å². The SMILES string of the molecule is Cc1cc(-c2cc(O)ccc2Cl)cc2cnc(Nc3ccc(OCCN4CCCC4C(=O)O)cc3)nc12. The molecular formula is C28H27ClN4O4. The highest BCUT2D eigenvalue weighted by molar-refractivity contribution is 6.33. The number of aliphatic carboxylic acids is 1. The van der Waals surface area contributed by atoms with Gasteiger partial charge in [-0.25, -0.2) is 9.97 Å². The van der Waals surface area contributed by atoms with Gasteiger partial charge in [-0.2, -0.15) is 0 Å². The van der Waals surface area contributed by atoms with Crippen molar-refractivity contribution in [2.24, 2.45) is 0 Å². The second-order valence-corrected chi connectivity index (χ2v) is 9.53. The van der Waals surface area contributed by atoms with Gasteiger partial charge in [-0.15, -0.1) is 0 Å². The van der Waals surface area contributed by atoms with Crippen LogP contribution in [0.3, 0.4) is 0 Å². The Morgan fingerprint density at radius 1 is 1.19 bits per heavy atom. The van der Waals surface area contributed by atoms with Crippen LogP contribution in [0, 0.1) is 6.92 Å². The van der Waals surface area contributed by atoms with Gasteiger partial charge in [0.05, 0.1) is 5.52 Å². The largest absolute Gasteiger partial charge is 0.508 e. The minimum absolute atomic E-state index is 0.155. The Labute approximate surface area is 219 Å². The zero-order chi connectivity index (χ0) is 25.9. The van der Waals surface area contributed by atoms with E-state index in [-0.39, 0.29) is 5.75 Å². The first-order valence-electron chi connectivity index (χ1n) is 12.1. The number of aromatic hydroxyl groups is 1. The van der Waals surface area contributed by atoms with Gasteiger partial charge < -0.3 is 20.3 Å². The van der Waals surface area contributed by atoms with Crippen LogP contribution in [0.1, 0.15) is 18.4 Å². The number of ether oxygens (including phenoxy) is 1. The smallest absolute Gasteiger partial charge is 0.320 e. The van der Waals surface area contributed by atoms with Crippen LogP contribution in [0.15, 0.2) is 60.8 Å². The predicted octanol–water partition coefficient (Wildman–Crippen LogP) is 5.64. The van der Waals surface area contributed by atoms with E-state index in [0.29, 0.717) is 36.3 Å². The molecule has 1 unspecified atom stereocenters. The first-order chi connectivity index (χ1) is 17.9. The number of nitrogens with one attached hydrogen (secondary N) is 1. The van der Waals surface area contributed by atoms with Crippen molar-refractivity contribution in [3.63, 3.8) is 0 Å². The molecule has 0 radical (unpaired) electrons. The van der Waals surface area contributed by atoms with Gasteiger partial charge in [-0.1, -0.05) is 11.6 Å². The molecule has 190 valence electrons. The molecule has 9 heteroatoms. The average Bonchev–Trinajstić information content (AvgIpc) is 3.36. The third-order valence-corrected chi connectivity index (χ3v) is 6.87. The maximum absolute atomic E-state index is 11.3. The monoisotopic (exact) mass is 518 g/mol. The highest BCUT2D eigenvalue weighted by Gasteiger charge is 2.29. The van der Waals surface area contributed by atoms with E-state index in [4.69, 9.17) is 21.3 Å². The molecule has 0 saturated carbocycles. The lowest BCUT2D eigenvalue weighted by molar-refractivity contribution is -0.142. The Bertz CT molecular complexity index is 1440. The summed E-state index contributed by atoms with van der Waals surface area (Å²) in [6.45, 7) is 3.78. The van der Waals surface area contributed by atoms with Crippen molar-refractivity contribution in [1.82, 2.24) is 14.9 Å². The summed E-state index contributed by atoms with van der Waals surface area (Å²) in [5.41, 5.74) is 4.23. The van der Waals surface area contributed by atoms with Crippen LogP contribution in [-0.4, -0.2) is 56.8 Å². The lowest BCUT2D eigenvalue weighted by atomic mass is 10.0. The number of likely N-dealkylation sites (tertiary alicyclic amines) is 1. The van der Waals surface area contributed by atoms with Crippen molar-refractivity contribution < 1.29 is 19.7 Å². The Morgan fingerprint density at radius 2 is 2.00 bits per heavy atom. The first kappa shape index (κ1) is 24.8. The zero-order valence-electron chi connectivity index (χ0n) is 20.3. The van der Waals surface area contributed by atoms with Gasteiger partial charge >= 0.3 is 5.97 Å². The molecular weight excluding hydrogens is 492 g/mol. The predicted molar refractivity (Wildman–Crippen MR) is 144 cm³/mol. The molecule has 1 aliphatic rings. The number of anilines is 2. The molecule has 0 amide bonds. The molecule has 1 saturated heterocycles. The molecule has 4 aromatic rings. The minimum Gasteiger partial charge on any atom is -0.508 e. The number of nitrogens with zero attached hydrogens (tertiary/aromatic N) is 3. The van der Waals surface area contributed by atoms with E-state index in [2.05, 4.69) is 10.3 Å². The van der Waals surface area contributed by atoms with Crippen molar-refractivity contribution in [1.29, 1.82) is 0 Å². The highest BCUT2D eigenvalue weighted by Crippen LogP contribution is 2.34. The summed E-state index contributed by atoms with van der Waals surface area (Å²) in [4.78, 5) is 22.4. The summed E-state index contributed by atoms with van der Waals surface area (Å²) in [5, 5.41) is 23.8. The van der Waals surface area contributed by atoms with Gasteiger partial charge in [0.15, 0.2) is 0 Å². The summed E-state index contributed by atoms with van der Waals surface area (Å²) in [6, 6.07) is 15.9.